The summed E-state index contributed by atoms with van der Waals surface area (Å²) in [7, 11) is 0. The SMILES string of the molecule is O=C(NCC1CCCCC1)NC[C@]1(O)CCCNC1. The fraction of sp³-hybridized carbons (Fsp3) is 0.929. The van der Waals surface area contributed by atoms with Crippen LogP contribution in [-0.4, -0.2) is 42.9 Å². The molecule has 110 valence electrons. The molecule has 2 rings (SSSR count). The molecule has 1 atom stereocenters. The third-order valence-corrected chi connectivity index (χ3v) is 4.30. The number of hydrogen-bond donors (Lipinski definition) is 4. The Morgan fingerprint density at radius 2 is 2.00 bits per heavy atom. The fourth-order valence-corrected chi connectivity index (χ4v) is 3.04. The Morgan fingerprint density at radius 3 is 2.68 bits per heavy atom. The summed E-state index contributed by atoms with van der Waals surface area (Å²) in [6, 6.07) is -0.149. The highest BCUT2D eigenvalue weighted by Gasteiger charge is 2.29. The van der Waals surface area contributed by atoms with Crippen molar-refractivity contribution in [3.8, 4) is 0 Å². The van der Waals surface area contributed by atoms with Gasteiger partial charge in [-0.15, -0.1) is 0 Å². The first-order valence-corrected chi connectivity index (χ1v) is 7.63. The van der Waals surface area contributed by atoms with E-state index in [1.165, 1.54) is 32.1 Å². The van der Waals surface area contributed by atoms with Gasteiger partial charge in [-0.1, -0.05) is 19.3 Å². The number of piperidine rings is 1. The van der Waals surface area contributed by atoms with E-state index in [9.17, 15) is 9.90 Å². The van der Waals surface area contributed by atoms with E-state index in [0.717, 1.165) is 25.9 Å². The summed E-state index contributed by atoms with van der Waals surface area (Å²) in [5, 5.41) is 19.1. The Hall–Kier alpha value is -0.810. The largest absolute Gasteiger partial charge is 0.387 e. The topological polar surface area (TPSA) is 73.4 Å². The Balaban J connectivity index is 1.61. The van der Waals surface area contributed by atoms with Crippen molar-refractivity contribution in [3.63, 3.8) is 0 Å². The smallest absolute Gasteiger partial charge is 0.314 e. The highest BCUT2D eigenvalue weighted by molar-refractivity contribution is 5.73. The van der Waals surface area contributed by atoms with Crippen LogP contribution in [0.1, 0.15) is 44.9 Å². The Morgan fingerprint density at radius 1 is 1.21 bits per heavy atom. The molecule has 5 nitrogen and oxygen atoms in total. The Labute approximate surface area is 115 Å². The van der Waals surface area contributed by atoms with Crippen LogP contribution in [0, 0.1) is 5.92 Å². The third-order valence-electron chi connectivity index (χ3n) is 4.30. The molecular weight excluding hydrogens is 242 g/mol. The molecule has 2 fully saturated rings. The number of nitrogens with one attached hydrogen (secondary N) is 3. The van der Waals surface area contributed by atoms with Gasteiger partial charge in [-0.25, -0.2) is 4.79 Å². The highest BCUT2D eigenvalue weighted by atomic mass is 16.3. The predicted octanol–water partition coefficient (Wildman–Crippen LogP) is 0.980. The molecule has 1 saturated carbocycles. The molecular formula is C14H27N3O2. The van der Waals surface area contributed by atoms with Crippen LogP contribution >= 0.6 is 0 Å². The zero-order valence-electron chi connectivity index (χ0n) is 11.7. The van der Waals surface area contributed by atoms with Gasteiger partial charge in [0.2, 0.25) is 0 Å². The number of rotatable bonds is 4. The molecule has 1 saturated heterocycles. The molecule has 5 heteroatoms. The van der Waals surface area contributed by atoms with E-state index in [0.29, 0.717) is 19.0 Å². The van der Waals surface area contributed by atoms with Crippen LogP contribution in [0.4, 0.5) is 4.79 Å². The maximum absolute atomic E-state index is 11.7. The Kier molecular flexibility index (Phi) is 5.45. The monoisotopic (exact) mass is 269 g/mol. The molecule has 1 heterocycles. The quantitative estimate of drug-likeness (QED) is 0.615. The molecule has 0 radical (unpaired) electrons. The van der Waals surface area contributed by atoms with Crippen molar-refractivity contribution in [2.24, 2.45) is 5.92 Å². The summed E-state index contributed by atoms with van der Waals surface area (Å²) in [6.45, 7) is 2.62. The summed E-state index contributed by atoms with van der Waals surface area (Å²) >= 11 is 0. The van der Waals surface area contributed by atoms with Crippen molar-refractivity contribution < 1.29 is 9.90 Å². The summed E-state index contributed by atoms with van der Waals surface area (Å²) in [5.74, 6) is 0.638. The molecule has 0 unspecified atom stereocenters. The normalized spacial score (nSPS) is 28.9. The molecule has 4 N–H and O–H groups in total. The van der Waals surface area contributed by atoms with Gasteiger partial charge in [0.25, 0.3) is 0 Å². The van der Waals surface area contributed by atoms with Crippen molar-refractivity contribution in [2.75, 3.05) is 26.2 Å². The van der Waals surface area contributed by atoms with Gasteiger partial charge in [-0.3, -0.25) is 0 Å². The summed E-state index contributed by atoms with van der Waals surface area (Å²) in [4.78, 5) is 11.7. The first-order valence-electron chi connectivity index (χ1n) is 7.63. The molecule has 1 aliphatic heterocycles. The minimum absolute atomic E-state index is 0.149. The van der Waals surface area contributed by atoms with Crippen molar-refractivity contribution in [3.05, 3.63) is 0 Å². The summed E-state index contributed by atoms with van der Waals surface area (Å²) in [5.41, 5.74) is -0.777. The van der Waals surface area contributed by atoms with Gasteiger partial charge in [-0.2, -0.15) is 0 Å². The molecule has 0 aromatic rings. The zero-order valence-corrected chi connectivity index (χ0v) is 11.7. The maximum Gasteiger partial charge on any atom is 0.314 e. The van der Waals surface area contributed by atoms with Crippen LogP contribution in [0.25, 0.3) is 0 Å². The van der Waals surface area contributed by atoms with Gasteiger partial charge >= 0.3 is 6.03 Å². The van der Waals surface area contributed by atoms with E-state index >= 15 is 0 Å². The van der Waals surface area contributed by atoms with Crippen molar-refractivity contribution in [1.82, 2.24) is 16.0 Å². The van der Waals surface area contributed by atoms with E-state index < -0.39 is 5.60 Å². The molecule has 2 amide bonds. The van der Waals surface area contributed by atoms with E-state index in [4.69, 9.17) is 0 Å². The third kappa shape index (κ3) is 4.99. The molecule has 0 spiro atoms. The van der Waals surface area contributed by atoms with Crippen LogP contribution < -0.4 is 16.0 Å². The van der Waals surface area contributed by atoms with E-state index in [-0.39, 0.29) is 6.03 Å². The summed E-state index contributed by atoms with van der Waals surface area (Å²) < 4.78 is 0. The van der Waals surface area contributed by atoms with Gasteiger partial charge in [0.1, 0.15) is 0 Å². The van der Waals surface area contributed by atoms with Gasteiger partial charge in [0.05, 0.1) is 5.60 Å². The van der Waals surface area contributed by atoms with Gasteiger partial charge < -0.3 is 21.1 Å². The van der Waals surface area contributed by atoms with Crippen molar-refractivity contribution in [2.45, 2.75) is 50.5 Å². The number of β-amino-alcohol motifs (C(OH)–C–C–N with tert-alkyl or cyclic N) is 1. The van der Waals surface area contributed by atoms with Gasteiger partial charge in [-0.05, 0) is 38.1 Å². The number of amides is 2. The minimum Gasteiger partial charge on any atom is -0.387 e. The van der Waals surface area contributed by atoms with Crippen LogP contribution in [-0.2, 0) is 0 Å². The molecule has 1 aliphatic carbocycles. The lowest BCUT2D eigenvalue weighted by Gasteiger charge is -2.32. The minimum atomic E-state index is -0.777. The van der Waals surface area contributed by atoms with Crippen LogP contribution in [0.3, 0.4) is 0 Å². The van der Waals surface area contributed by atoms with Crippen LogP contribution in [0.2, 0.25) is 0 Å². The van der Waals surface area contributed by atoms with E-state index in [2.05, 4.69) is 16.0 Å². The first-order chi connectivity index (χ1) is 9.18. The van der Waals surface area contributed by atoms with E-state index in [1.54, 1.807) is 0 Å². The van der Waals surface area contributed by atoms with Crippen LogP contribution in [0.15, 0.2) is 0 Å². The van der Waals surface area contributed by atoms with Crippen molar-refractivity contribution >= 4 is 6.03 Å². The standard InChI is InChI=1S/C14H27N3O2/c18-13(16-9-12-5-2-1-3-6-12)17-11-14(19)7-4-8-15-10-14/h12,15,19H,1-11H2,(H2,16,17,18)/t14-/m0/s1. The average Bonchev–Trinajstić information content (AvgIpc) is 2.45. The zero-order chi connectivity index (χ0) is 13.6. The number of carbonyl (C=O) groups is 1. The van der Waals surface area contributed by atoms with Gasteiger partial charge in [0.15, 0.2) is 0 Å². The first kappa shape index (κ1) is 14.6. The molecule has 2 aliphatic rings. The number of carbonyl (C=O) groups excluding carboxylic acids is 1. The van der Waals surface area contributed by atoms with E-state index in [1.807, 2.05) is 0 Å². The lowest BCUT2D eigenvalue weighted by Crippen LogP contribution is -2.54. The fourth-order valence-electron chi connectivity index (χ4n) is 3.04. The predicted molar refractivity (Wildman–Crippen MR) is 75.0 cm³/mol. The molecule has 0 bridgehead atoms. The Bertz CT molecular complexity index is 284. The second-order valence-corrected chi connectivity index (χ2v) is 6.07. The van der Waals surface area contributed by atoms with Crippen molar-refractivity contribution in [1.29, 1.82) is 0 Å². The number of aliphatic hydroxyl groups is 1. The molecule has 0 aromatic heterocycles. The van der Waals surface area contributed by atoms with Crippen LogP contribution in [0.5, 0.6) is 0 Å². The lowest BCUT2D eigenvalue weighted by atomic mass is 9.89. The highest BCUT2D eigenvalue weighted by Crippen LogP contribution is 2.22. The lowest BCUT2D eigenvalue weighted by molar-refractivity contribution is 0.0194. The second-order valence-electron chi connectivity index (χ2n) is 6.07. The second kappa shape index (κ2) is 7.10. The number of hydrogen-bond acceptors (Lipinski definition) is 3. The summed E-state index contributed by atoms with van der Waals surface area (Å²) in [6.07, 6.45) is 8.09. The number of urea groups is 1. The average molecular weight is 269 g/mol. The molecule has 0 aromatic carbocycles. The van der Waals surface area contributed by atoms with Gasteiger partial charge in [0, 0.05) is 19.6 Å². The maximum atomic E-state index is 11.7. The molecule has 19 heavy (non-hydrogen) atoms.